The highest BCUT2D eigenvalue weighted by Gasteiger charge is 2.46. The number of aromatic nitrogens is 2. The molecule has 0 amide bonds. The summed E-state index contributed by atoms with van der Waals surface area (Å²) in [6, 6.07) is 78.0. The number of para-hydroxylation sites is 1. The van der Waals surface area contributed by atoms with Gasteiger partial charge in [0.1, 0.15) is 11.2 Å². The Labute approximate surface area is 347 Å². The molecule has 280 valence electrons. The summed E-state index contributed by atoms with van der Waals surface area (Å²) in [5.41, 5.74) is 15.7. The minimum Gasteiger partial charge on any atom is -0.456 e. The second-order valence-corrected chi connectivity index (χ2v) is 15.6. The largest absolute Gasteiger partial charge is 0.456 e. The van der Waals surface area contributed by atoms with E-state index in [1.165, 1.54) is 33.4 Å². The van der Waals surface area contributed by atoms with Gasteiger partial charge in [-0.1, -0.05) is 194 Å². The maximum atomic E-state index is 6.25. The van der Waals surface area contributed by atoms with Crippen LogP contribution >= 0.6 is 0 Å². The highest BCUT2D eigenvalue weighted by molar-refractivity contribution is 6.06. The Balaban J connectivity index is 1.06. The van der Waals surface area contributed by atoms with Crippen molar-refractivity contribution in [2.45, 2.75) is 5.41 Å². The van der Waals surface area contributed by atoms with Crippen LogP contribution in [0.2, 0.25) is 0 Å². The fourth-order valence-corrected chi connectivity index (χ4v) is 9.72. The van der Waals surface area contributed by atoms with Gasteiger partial charge in [-0.3, -0.25) is 0 Å². The highest BCUT2D eigenvalue weighted by Crippen LogP contribution is 2.58. The third-order valence-corrected chi connectivity index (χ3v) is 12.4. The highest BCUT2D eigenvalue weighted by atomic mass is 16.3. The predicted octanol–water partition coefficient (Wildman–Crippen LogP) is 14.6. The molecule has 11 aromatic rings. The van der Waals surface area contributed by atoms with Crippen molar-refractivity contribution in [3.8, 4) is 56.2 Å². The van der Waals surface area contributed by atoms with Crippen molar-refractivity contribution in [3.05, 3.63) is 241 Å². The molecule has 0 atom stereocenters. The van der Waals surface area contributed by atoms with E-state index in [9.17, 15) is 0 Å². The Morgan fingerprint density at radius 1 is 0.350 bits per heavy atom. The smallest absolute Gasteiger partial charge is 0.161 e. The van der Waals surface area contributed by atoms with Crippen LogP contribution < -0.4 is 0 Å². The second-order valence-electron chi connectivity index (χ2n) is 15.6. The zero-order chi connectivity index (χ0) is 39.6. The molecule has 0 N–H and O–H groups in total. The number of hydrogen-bond acceptors (Lipinski definition) is 3. The molecule has 12 rings (SSSR count). The maximum absolute atomic E-state index is 6.25. The van der Waals surface area contributed by atoms with E-state index < -0.39 is 5.41 Å². The van der Waals surface area contributed by atoms with E-state index in [1.54, 1.807) is 0 Å². The van der Waals surface area contributed by atoms with Crippen LogP contribution in [0.1, 0.15) is 22.3 Å². The number of rotatable bonds is 6. The molecule has 0 unspecified atom stereocenters. The lowest BCUT2D eigenvalue weighted by Gasteiger charge is -2.33. The molecule has 1 aliphatic rings. The van der Waals surface area contributed by atoms with E-state index in [1.807, 2.05) is 12.1 Å². The minimum atomic E-state index is -0.514. The van der Waals surface area contributed by atoms with Crippen LogP contribution in [0.4, 0.5) is 0 Å². The summed E-state index contributed by atoms with van der Waals surface area (Å²) >= 11 is 0. The van der Waals surface area contributed by atoms with Crippen LogP contribution in [0, 0.1) is 0 Å². The Hall–Kier alpha value is -7.88. The summed E-state index contributed by atoms with van der Waals surface area (Å²) in [7, 11) is 0. The quantitative estimate of drug-likeness (QED) is 0.169. The lowest BCUT2D eigenvalue weighted by Crippen LogP contribution is -2.28. The zero-order valence-corrected chi connectivity index (χ0v) is 32.6. The van der Waals surface area contributed by atoms with Crippen molar-refractivity contribution in [1.29, 1.82) is 0 Å². The summed E-state index contributed by atoms with van der Waals surface area (Å²) in [4.78, 5) is 10.8. The van der Waals surface area contributed by atoms with Gasteiger partial charge in [-0.2, -0.15) is 0 Å². The molecular formula is C57H36N2O. The molecule has 1 aliphatic carbocycles. The normalized spacial score (nSPS) is 12.8. The van der Waals surface area contributed by atoms with E-state index in [2.05, 4.69) is 206 Å². The van der Waals surface area contributed by atoms with Gasteiger partial charge in [-0.15, -0.1) is 0 Å². The van der Waals surface area contributed by atoms with E-state index in [4.69, 9.17) is 14.4 Å². The van der Waals surface area contributed by atoms with Gasteiger partial charge in [0.25, 0.3) is 0 Å². The first-order valence-electron chi connectivity index (χ1n) is 20.5. The van der Waals surface area contributed by atoms with Crippen LogP contribution in [0.5, 0.6) is 0 Å². The van der Waals surface area contributed by atoms with Crippen molar-refractivity contribution in [2.24, 2.45) is 0 Å². The minimum absolute atomic E-state index is 0.514. The first kappa shape index (κ1) is 34.2. The van der Waals surface area contributed by atoms with Gasteiger partial charge in [-0.25, -0.2) is 9.97 Å². The SMILES string of the molecule is c1ccc(C2(c3ccccc3)c3ccccc3-c3c(-c4cc(-c5ccc(-c6ccc7c(c6)oc6ccccc67)cc5)nc(-c5cccc6ccccc56)n4)cccc32)cc1. The van der Waals surface area contributed by atoms with Crippen LogP contribution in [-0.2, 0) is 5.41 Å². The standard InChI is InChI=1S/C57H36N2O/c1-3-17-41(18-4-1)57(42-19-5-2-6-20-42)49-26-11-9-23-47(49)55-48(25-14-27-50(55)57)52-36-51(58-56(59-52)46-24-13-16-38-15-7-8-21-43(38)46)39-31-29-37(30-32-39)40-33-34-45-44-22-10-12-28-53(44)60-54(45)35-40/h1-36H. The molecule has 9 aromatic carbocycles. The lowest BCUT2D eigenvalue weighted by molar-refractivity contribution is 0.669. The summed E-state index contributed by atoms with van der Waals surface area (Å²) in [5, 5.41) is 4.53. The predicted molar refractivity (Wildman–Crippen MR) is 246 cm³/mol. The molecular weight excluding hydrogens is 729 g/mol. The Kier molecular flexibility index (Phi) is 7.76. The molecule has 0 fully saturated rings. The summed E-state index contributed by atoms with van der Waals surface area (Å²) < 4.78 is 6.25. The first-order valence-corrected chi connectivity index (χ1v) is 20.5. The van der Waals surface area contributed by atoms with Gasteiger partial charge >= 0.3 is 0 Å². The number of nitrogens with zero attached hydrogens (tertiary/aromatic N) is 2. The molecule has 3 heteroatoms. The first-order chi connectivity index (χ1) is 29.7. The molecule has 0 saturated carbocycles. The maximum Gasteiger partial charge on any atom is 0.161 e. The van der Waals surface area contributed by atoms with Gasteiger partial charge < -0.3 is 4.42 Å². The van der Waals surface area contributed by atoms with Gasteiger partial charge in [0.15, 0.2) is 5.82 Å². The van der Waals surface area contributed by atoms with E-state index in [0.29, 0.717) is 5.82 Å². The third kappa shape index (κ3) is 5.23. The Morgan fingerprint density at radius 3 is 1.73 bits per heavy atom. The molecule has 60 heavy (non-hydrogen) atoms. The van der Waals surface area contributed by atoms with Crippen molar-refractivity contribution >= 4 is 32.7 Å². The molecule has 0 aliphatic heterocycles. The van der Waals surface area contributed by atoms with Crippen molar-refractivity contribution in [2.75, 3.05) is 0 Å². The van der Waals surface area contributed by atoms with Crippen LogP contribution in [0.25, 0.3) is 88.9 Å². The van der Waals surface area contributed by atoms with E-state index >= 15 is 0 Å². The van der Waals surface area contributed by atoms with Crippen LogP contribution in [0.3, 0.4) is 0 Å². The van der Waals surface area contributed by atoms with Crippen LogP contribution in [0.15, 0.2) is 223 Å². The fraction of sp³-hybridized carbons (Fsp3) is 0.0175. The second kappa shape index (κ2) is 13.6. The molecule has 2 aromatic heterocycles. The molecule has 0 radical (unpaired) electrons. The third-order valence-electron chi connectivity index (χ3n) is 12.4. The molecule has 2 heterocycles. The van der Waals surface area contributed by atoms with Gasteiger partial charge in [0, 0.05) is 27.5 Å². The number of benzene rings is 9. The molecule has 0 spiro atoms. The van der Waals surface area contributed by atoms with Crippen molar-refractivity contribution in [3.63, 3.8) is 0 Å². The van der Waals surface area contributed by atoms with Crippen molar-refractivity contribution in [1.82, 2.24) is 9.97 Å². The van der Waals surface area contributed by atoms with Crippen LogP contribution in [-0.4, -0.2) is 9.97 Å². The molecule has 0 bridgehead atoms. The average molecular weight is 765 g/mol. The van der Waals surface area contributed by atoms with Crippen molar-refractivity contribution < 1.29 is 4.42 Å². The fourth-order valence-electron chi connectivity index (χ4n) is 9.72. The molecule has 3 nitrogen and oxygen atoms in total. The van der Waals surface area contributed by atoms with E-state index in [0.717, 1.165) is 71.9 Å². The monoisotopic (exact) mass is 764 g/mol. The van der Waals surface area contributed by atoms with Gasteiger partial charge in [0.05, 0.1) is 16.8 Å². The summed E-state index contributed by atoms with van der Waals surface area (Å²) in [5.74, 6) is 0.694. The Bertz CT molecular complexity index is 3380. The topological polar surface area (TPSA) is 38.9 Å². The van der Waals surface area contributed by atoms with Gasteiger partial charge in [-0.05, 0) is 79.5 Å². The molecule has 0 saturated heterocycles. The number of furan rings is 1. The summed E-state index contributed by atoms with van der Waals surface area (Å²) in [6.45, 7) is 0. The number of fused-ring (bicyclic) bond motifs is 7. The Morgan fingerprint density at radius 2 is 0.917 bits per heavy atom. The number of hydrogen-bond donors (Lipinski definition) is 0. The lowest BCUT2D eigenvalue weighted by atomic mass is 9.67. The van der Waals surface area contributed by atoms with E-state index in [-0.39, 0.29) is 0 Å². The zero-order valence-electron chi connectivity index (χ0n) is 32.6. The summed E-state index contributed by atoms with van der Waals surface area (Å²) in [6.07, 6.45) is 0. The average Bonchev–Trinajstić information content (AvgIpc) is 3.85. The van der Waals surface area contributed by atoms with Gasteiger partial charge in [0.2, 0.25) is 0 Å².